The summed E-state index contributed by atoms with van der Waals surface area (Å²) in [6.07, 6.45) is 0.471. The number of carbonyl (C=O) groups is 1. The molecule has 1 atom stereocenters. The van der Waals surface area contributed by atoms with Crippen molar-refractivity contribution in [2.24, 2.45) is 0 Å². The van der Waals surface area contributed by atoms with Gasteiger partial charge >= 0.3 is 5.97 Å². The predicted molar refractivity (Wildman–Crippen MR) is 63.8 cm³/mol. The zero-order chi connectivity index (χ0) is 13.8. The predicted octanol–water partition coefficient (Wildman–Crippen LogP) is 2.47. The monoisotopic (exact) mass is 265 g/mol. The van der Waals surface area contributed by atoms with Crippen LogP contribution in [0.3, 0.4) is 0 Å². The second kappa shape index (κ2) is 5.62. The van der Waals surface area contributed by atoms with Crippen LogP contribution in [0.4, 0.5) is 4.39 Å². The highest BCUT2D eigenvalue weighted by atomic mass is 19.1. The van der Waals surface area contributed by atoms with Crippen molar-refractivity contribution in [1.29, 1.82) is 0 Å². The summed E-state index contributed by atoms with van der Waals surface area (Å²) in [5, 5.41) is 8.66. The van der Waals surface area contributed by atoms with E-state index in [0.717, 1.165) is 0 Å². The molecule has 2 aromatic rings. The SMILES string of the molecule is CC(OCc1coc(-c2ccc(F)cc2)n1)C(=O)O. The van der Waals surface area contributed by atoms with Gasteiger partial charge < -0.3 is 14.3 Å². The topological polar surface area (TPSA) is 72.6 Å². The van der Waals surface area contributed by atoms with Gasteiger partial charge in [-0.15, -0.1) is 0 Å². The summed E-state index contributed by atoms with van der Waals surface area (Å²) in [5.74, 6) is -1.04. The van der Waals surface area contributed by atoms with Crippen LogP contribution in [0.25, 0.3) is 11.5 Å². The van der Waals surface area contributed by atoms with E-state index in [-0.39, 0.29) is 12.4 Å². The fourth-order valence-corrected chi connectivity index (χ4v) is 1.38. The average Bonchev–Trinajstić information content (AvgIpc) is 2.85. The highest BCUT2D eigenvalue weighted by molar-refractivity contribution is 5.71. The maximum Gasteiger partial charge on any atom is 0.332 e. The first-order valence-electron chi connectivity index (χ1n) is 5.61. The number of hydrogen-bond donors (Lipinski definition) is 1. The van der Waals surface area contributed by atoms with E-state index in [1.807, 2.05) is 0 Å². The Balaban J connectivity index is 2.03. The zero-order valence-electron chi connectivity index (χ0n) is 10.2. The van der Waals surface area contributed by atoms with Crippen LogP contribution in [0, 0.1) is 5.82 Å². The number of aliphatic carboxylic acids is 1. The van der Waals surface area contributed by atoms with Gasteiger partial charge in [0.1, 0.15) is 17.8 Å². The van der Waals surface area contributed by atoms with Crippen molar-refractivity contribution in [2.45, 2.75) is 19.6 Å². The quantitative estimate of drug-likeness (QED) is 0.899. The summed E-state index contributed by atoms with van der Waals surface area (Å²) in [4.78, 5) is 14.7. The molecule has 6 heteroatoms. The molecule has 1 N–H and O–H groups in total. The van der Waals surface area contributed by atoms with E-state index in [1.165, 1.54) is 25.3 Å². The number of hydrogen-bond acceptors (Lipinski definition) is 4. The molecule has 1 aromatic carbocycles. The van der Waals surface area contributed by atoms with Crippen LogP contribution in [0.1, 0.15) is 12.6 Å². The van der Waals surface area contributed by atoms with Gasteiger partial charge in [-0.25, -0.2) is 14.2 Å². The molecule has 0 saturated heterocycles. The minimum atomic E-state index is -1.04. The third kappa shape index (κ3) is 3.38. The second-order valence-electron chi connectivity index (χ2n) is 3.94. The van der Waals surface area contributed by atoms with Crippen LogP contribution in [0.2, 0.25) is 0 Å². The number of carboxylic acid groups (broad SMARTS) is 1. The maximum absolute atomic E-state index is 12.8. The number of benzene rings is 1. The molecule has 1 aromatic heterocycles. The molecule has 0 aliphatic carbocycles. The van der Waals surface area contributed by atoms with Crippen molar-refractivity contribution in [3.8, 4) is 11.5 Å². The van der Waals surface area contributed by atoms with Crippen LogP contribution in [0.5, 0.6) is 0 Å². The van der Waals surface area contributed by atoms with Gasteiger partial charge in [0.05, 0.1) is 6.61 Å². The highest BCUT2D eigenvalue weighted by Gasteiger charge is 2.13. The first-order valence-corrected chi connectivity index (χ1v) is 5.61. The number of aromatic nitrogens is 1. The first kappa shape index (κ1) is 13.2. The van der Waals surface area contributed by atoms with Crippen LogP contribution in [-0.4, -0.2) is 22.2 Å². The Kier molecular flexibility index (Phi) is 3.91. The van der Waals surface area contributed by atoms with E-state index in [4.69, 9.17) is 14.3 Å². The molecular formula is C13H12FNO4. The normalized spacial score (nSPS) is 12.3. The van der Waals surface area contributed by atoms with Gasteiger partial charge in [0, 0.05) is 5.56 Å². The highest BCUT2D eigenvalue weighted by Crippen LogP contribution is 2.19. The number of carboxylic acids is 1. The Morgan fingerprint density at radius 1 is 1.47 bits per heavy atom. The van der Waals surface area contributed by atoms with Gasteiger partial charge in [0.2, 0.25) is 5.89 Å². The van der Waals surface area contributed by atoms with E-state index in [0.29, 0.717) is 17.1 Å². The summed E-state index contributed by atoms with van der Waals surface area (Å²) in [6, 6.07) is 5.71. The first-order chi connectivity index (χ1) is 9.06. The van der Waals surface area contributed by atoms with E-state index in [1.54, 1.807) is 12.1 Å². The number of halogens is 1. The van der Waals surface area contributed by atoms with Gasteiger partial charge in [-0.1, -0.05) is 0 Å². The number of oxazole rings is 1. The summed E-state index contributed by atoms with van der Waals surface area (Å²) < 4.78 is 23.1. The molecule has 1 heterocycles. The smallest absolute Gasteiger partial charge is 0.332 e. The average molecular weight is 265 g/mol. The van der Waals surface area contributed by atoms with Gasteiger partial charge in [0.15, 0.2) is 6.10 Å². The Labute approximate surface area is 108 Å². The Hall–Kier alpha value is -2.21. The molecule has 0 fully saturated rings. The molecular weight excluding hydrogens is 253 g/mol. The van der Waals surface area contributed by atoms with Crippen molar-refractivity contribution in [3.63, 3.8) is 0 Å². The van der Waals surface area contributed by atoms with Crippen LogP contribution < -0.4 is 0 Å². The molecule has 0 radical (unpaired) electrons. The summed E-state index contributed by atoms with van der Waals surface area (Å²) in [6.45, 7) is 1.47. The second-order valence-corrected chi connectivity index (χ2v) is 3.94. The van der Waals surface area contributed by atoms with Crippen molar-refractivity contribution < 1.29 is 23.4 Å². The van der Waals surface area contributed by atoms with Crippen molar-refractivity contribution in [2.75, 3.05) is 0 Å². The summed E-state index contributed by atoms with van der Waals surface area (Å²) >= 11 is 0. The maximum atomic E-state index is 12.8. The molecule has 19 heavy (non-hydrogen) atoms. The van der Waals surface area contributed by atoms with Gasteiger partial charge in [0.25, 0.3) is 0 Å². The van der Waals surface area contributed by atoms with Crippen molar-refractivity contribution in [3.05, 3.63) is 42.0 Å². The Morgan fingerprint density at radius 3 is 2.79 bits per heavy atom. The number of nitrogens with zero attached hydrogens (tertiary/aromatic N) is 1. The van der Waals surface area contributed by atoms with Gasteiger partial charge in [-0.2, -0.15) is 0 Å². The lowest BCUT2D eigenvalue weighted by Crippen LogP contribution is -2.19. The van der Waals surface area contributed by atoms with E-state index in [9.17, 15) is 9.18 Å². The summed E-state index contributed by atoms with van der Waals surface area (Å²) in [5.41, 5.74) is 1.12. The van der Waals surface area contributed by atoms with Crippen molar-refractivity contribution in [1.82, 2.24) is 4.98 Å². The van der Waals surface area contributed by atoms with E-state index < -0.39 is 12.1 Å². The van der Waals surface area contributed by atoms with E-state index >= 15 is 0 Å². The molecule has 100 valence electrons. The Bertz CT molecular complexity index is 564. The number of rotatable bonds is 5. The van der Waals surface area contributed by atoms with Gasteiger partial charge in [-0.05, 0) is 31.2 Å². The number of ether oxygens (including phenoxy) is 1. The molecule has 2 rings (SSSR count). The minimum absolute atomic E-state index is 0.0398. The molecule has 0 aliphatic heterocycles. The van der Waals surface area contributed by atoms with Gasteiger partial charge in [-0.3, -0.25) is 0 Å². The van der Waals surface area contributed by atoms with Crippen LogP contribution >= 0.6 is 0 Å². The lowest BCUT2D eigenvalue weighted by atomic mass is 10.2. The third-order valence-electron chi connectivity index (χ3n) is 2.47. The Morgan fingerprint density at radius 2 is 2.16 bits per heavy atom. The molecule has 0 aliphatic rings. The van der Waals surface area contributed by atoms with Crippen LogP contribution in [-0.2, 0) is 16.1 Å². The lowest BCUT2D eigenvalue weighted by molar-refractivity contribution is -0.149. The van der Waals surface area contributed by atoms with Crippen molar-refractivity contribution >= 4 is 5.97 Å². The summed E-state index contributed by atoms with van der Waals surface area (Å²) in [7, 11) is 0. The largest absolute Gasteiger partial charge is 0.479 e. The van der Waals surface area contributed by atoms with Crippen LogP contribution in [0.15, 0.2) is 34.9 Å². The molecule has 0 bridgehead atoms. The fraction of sp³-hybridized carbons (Fsp3) is 0.231. The minimum Gasteiger partial charge on any atom is -0.479 e. The third-order valence-corrected chi connectivity index (χ3v) is 2.47. The lowest BCUT2D eigenvalue weighted by Gasteiger charge is -2.05. The van der Waals surface area contributed by atoms with E-state index in [2.05, 4.69) is 4.98 Å². The molecule has 0 saturated carbocycles. The molecule has 0 spiro atoms. The standard InChI is InChI=1S/C13H12FNO4/c1-8(13(16)17)18-6-11-7-19-12(15-11)9-2-4-10(14)5-3-9/h2-5,7-8H,6H2,1H3,(H,16,17). The molecule has 0 amide bonds. The zero-order valence-corrected chi connectivity index (χ0v) is 10.2. The molecule has 5 nitrogen and oxygen atoms in total. The fourth-order valence-electron chi connectivity index (χ4n) is 1.38. The molecule has 1 unspecified atom stereocenters.